The summed E-state index contributed by atoms with van der Waals surface area (Å²) in [5.41, 5.74) is 0.502. The maximum absolute atomic E-state index is 5.62. The topological polar surface area (TPSA) is 25.8 Å². The second kappa shape index (κ2) is 3.71. The number of thioether (sulfide) groups is 1. The first kappa shape index (κ1) is 9.93. The molecule has 58 valence electrons. The van der Waals surface area contributed by atoms with Crippen molar-refractivity contribution in [3.8, 4) is 0 Å². The summed E-state index contributed by atoms with van der Waals surface area (Å²) in [6.07, 6.45) is 4.92. The second-order valence-electron chi connectivity index (χ2n) is 2.23. The summed E-state index contributed by atoms with van der Waals surface area (Å²) in [5, 5.41) is 0.666. The van der Waals surface area contributed by atoms with Gasteiger partial charge in [-0.25, -0.2) is 9.97 Å². The molecule has 0 fully saturated rings. The third-order valence-corrected chi connectivity index (χ3v) is 2.05. The zero-order valence-electron chi connectivity index (χ0n) is 6.49. The molecule has 0 aliphatic heterocycles. The Hall–Kier alpha value is -0.150. The summed E-state index contributed by atoms with van der Waals surface area (Å²) in [7, 11) is 10.8. The predicted molar refractivity (Wildman–Crippen MR) is 52.9 cm³/mol. The summed E-state index contributed by atoms with van der Waals surface area (Å²) in [6, 6.07) is 0. The van der Waals surface area contributed by atoms with E-state index in [-0.39, 0.29) is 0 Å². The highest BCUT2D eigenvalue weighted by atomic mass is 35.5. The van der Waals surface area contributed by atoms with Crippen LogP contribution in [0.1, 0.15) is 5.56 Å². The van der Waals surface area contributed by atoms with Crippen LogP contribution in [-0.2, 0) is 4.67 Å². The minimum absolute atomic E-state index is 0.502. The molecule has 1 rings (SSSR count). The van der Waals surface area contributed by atoms with Crippen LogP contribution in [0, 0.1) is 0 Å². The highest BCUT2D eigenvalue weighted by Gasteiger charge is 2.15. The van der Waals surface area contributed by atoms with Crippen LogP contribution in [0.3, 0.4) is 0 Å². The lowest BCUT2D eigenvalue weighted by Crippen LogP contribution is -2.19. The van der Waals surface area contributed by atoms with Crippen LogP contribution in [0.25, 0.3) is 0 Å². The van der Waals surface area contributed by atoms with E-state index >= 15 is 0 Å². The minimum atomic E-state index is -1.38. The Morgan fingerprint density at radius 3 is 2.25 bits per heavy atom. The quantitative estimate of drug-likeness (QED) is 0.302. The van der Waals surface area contributed by atoms with E-state index in [1.165, 1.54) is 24.2 Å². The summed E-state index contributed by atoms with van der Waals surface area (Å²) < 4.78 is -1.38. The molecular formula is C6H5B2ClN2S. The Morgan fingerprint density at radius 2 is 1.92 bits per heavy atom. The average molecular weight is 194 g/mol. The van der Waals surface area contributed by atoms with Gasteiger partial charge in [0.15, 0.2) is 5.16 Å². The van der Waals surface area contributed by atoms with Gasteiger partial charge in [0.2, 0.25) is 0 Å². The monoisotopic (exact) mass is 194 g/mol. The number of rotatable bonds is 2. The number of halogens is 1. The Morgan fingerprint density at radius 1 is 1.42 bits per heavy atom. The summed E-state index contributed by atoms with van der Waals surface area (Å²) in [4.78, 5) is 7.94. The molecule has 0 amide bonds. The van der Waals surface area contributed by atoms with Crippen molar-refractivity contribution in [3.63, 3.8) is 0 Å². The lowest BCUT2D eigenvalue weighted by Gasteiger charge is -2.15. The van der Waals surface area contributed by atoms with Gasteiger partial charge in [-0.3, -0.25) is 0 Å². The Kier molecular flexibility index (Phi) is 3.07. The number of nitrogens with zero attached hydrogens (tertiary/aromatic N) is 2. The molecule has 0 atom stereocenters. The van der Waals surface area contributed by atoms with E-state index < -0.39 is 4.67 Å². The smallest absolute Gasteiger partial charge is 0.187 e. The summed E-state index contributed by atoms with van der Waals surface area (Å²) in [5.74, 6) is 0. The van der Waals surface area contributed by atoms with Crippen LogP contribution in [-0.4, -0.2) is 31.9 Å². The third-order valence-electron chi connectivity index (χ3n) is 1.25. The summed E-state index contributed by atoms with van der Waals surface area (Å²) in [6.45, 7) is 0. The van der Waals surface area contributed by atoms with E-state index in [0.717, 1.165) is 0 Å². The highest BCUT2D eigenvalue weighted by Crippen LogP contribution is 2.20. The van der Waals surface area contributed by atoms with E-state index in [1.54, 1.807) is 0 Å². The van der Waals surface area contributed by atoms with Crippen molar-refractivity contribution in [2.24, 2.45) is 0 Å². The molecule has 0 bridgehead atoms. The van der Waals surface area contributed by atoms with Crippen molar-refractivity contribution in [2.45, 2.75) is 9.83 Å². The van der Waals surface area contributed by atoms with E-state index in [2.05, 4.69) is 9.97 Å². The largest absolute Gasteiger partial charge is 0.231 e. The Labute approximate surface area is 83.3 Å². The number of alkyl halides is 1. The van der Waals surface area contributed by atoms with E-state index in [0.29, 0.717) is 10.7 Å². The molecule has 0 aliphatic carbocycles. The molecule has 6 heteroatoms. The first-order valence-electron chi connectivity index (χ1n) is 3.17. The van der Waals surface area contributed by atoms with Crippen molar-refractivity contribution >= 4 is 39.1 Å². The zero-order chi connectivity index (χ0) is 9.19. The molecule has 0 spiro atoms. The molecule has 0 saturated heterocycles. The molecule has 12 heavy (non-hydrogen) atoms. The zero-order valence-corrected chi connectivity index (χ0v) is 8.06. The van der Waals surface area contributed by atoms with Gasteiger partial charge in [0.05, 0.1) is 15.7 Å². The Bertz CT molecular complexity index is 259. The molecule has 0 saturated carbocycles. The highest BCUT2D eigenvalue weighted by molar-refractivity contribution is 7.98. The van der Waals surface area contributed by atoms with Gasteiger partial charge in [0.25, 0.3) is 0 Å². The maximum atomic E-state index is 5.62. The first-order chi connectivity index (χ1) is 5.54. The van der Waals surface area contributed by atoms with Gasteiger partial charge >= 0.3 is 0 Å². The summed E-state index contributed by atoms with van der Waals surface area (Å²) >= 11 is 7.06. The van der Waals surface area contributed by atoms with Crippen LogP contribution in [0.5, 0.6) is 0 Å². The van der Waals surface area contributed by atoms with E-state index in [1.807, 2.05) is 6.26 Å². The lowest BCUT2D eigenvalue weighted by molar-refractivity contribution is 0.935. The van der Waals surface area contributed by atoms with Gasteiger partial charge in [0, 0.05) is 12.4 Å². The first-order valence-corrected chi connectivity index (χ1v) is 4.77. The van der Waals surface area contributed by atoms with Gasteiger partial charge < -0.3 is 0 Å². The fourth-order valence-electron chi connectivity index (χ4n) is 0.619. The van der Waals surface area contributed by atoms with Crippen LogP contribution >= 0.6 is 23.4 Å². The molecule has 1 aromatic rings. The average Bonchev–Trinajstić information content (AvgIpc) is 2.03. The number of hydrogen-bond acceptors (Lipinski definition) is 3. The van der Waals surface area contributed by atoms with Crippen LogP contribution in [0.15, 0.2) is 17.6 Å². The predicted octanol–water partition coefficient (Wildman–Crippen LogP) is 0.885. The van der Waals surface area contributed by atoms with Crippen LogP contribution in [0.4, 0.5) is 0 Å². The van der Waals surface area contributed by atoms with Crippen LogP contribution < -0.4 is 0 Å². The van der Waals surface area contributed by atoms with Gasteiger partial charge in [-0.1, -0.05) is 11.8 Å². The van der Waals surface area contributed by atoms with Gasteiger partial charge in [-0.15, -0.1) is 11.6 Å². The molecule has 1 heterocycles. The van der Waals surface area contributed by atoms with Crippen molar-refractivity contribution in [3.05, 3.63) is 18.0 Å². The molecule has 4 radical (unpaired) electrons. The molecule has 0 unspecified atom stereocenters. The van der Waals surface area contributed by atoms with Gasteiger partial charge in [0.1, 0.15) is 0 Å². The van der Waals surface area contributed by atoms with Gasteiger partial charge in [-0.2, -0.15) is 0 Å². The van der Waals surface area contributed by atoms with Crippen molar-refractivity contribution < 1.29 is 0 Å². The standard InChI is InChI=1S/C6H5B2ClN2S/c1-12-5-10-2-4(3-11-5)6(7,8)9/h2-3H,1H3. The second-order valence-corrected chi connectivity index (χ2v) is 3.63. The minimum Gasteiger partial charge on any atom is -0.231 e. The fraction of sp³-hybridized carbons (Fsp3) is 0.333. The molecule has 0 aliphatic rings. The van der Waals surface area contributed by atoms with Crippen molar-refractivity contribution in [2.75, 3.05) is 6.26 Å². The molecular weight excluding hydrogens is 189 g/mol. The van der Waals surface area contributed by atoms with Crippen molar-refractivity contribution in [1.29, 1.82) is 0 Å². The maximum Gasteiger partial charge on any atom is 0.187 e. The van der Waals surface area contributed by atoms with Gasteiger partial charge in [-0.05, 0) is 16.5 Å². The normalized spacial score (nSPS) is 11.5. The molecule has 2 nitrogen and oxygen atoms in total. The van der Waals surface area contributed by atoms with E-state index in [9.17, 15) is 0 Å². The molecule has 0 aromatic carbocycles. The van der Waals surface area contributed by atoms with Crippen LogP contribution in [0.2, 0.25) is 0 Å². The Balaban J connectivity index is 2.93. The third kappa shape index (κ3) is 2.42. The number of aromatic nitrogens is 2. The van der Waals surface area contributed by atoms with Crippen molar-refractivity contribution in [1.82, 2.24) is 9.97 Å². The number of hydrogen-bond donors (Lipinski definition) is 0. The molecule has 1 aromatic heterocycles. The molecule has 0 N–H and O–H groups in total. The fourth-order valence-corrected chi connectivity index (χ4v) is 1.03. The SMILES string of the molecule is [B]C([B])(Cl)c1cnc(SC)nc1. The van der Waals surface area contributed by atoms with E-state index in [4.69, 9.17) is 27.3 Å². The lowest BCUT2D eigenvalue weighted by atomic mass is 9.66.